The molecule has 0 amide bonds. The van der Waals surface area contributed by atoms with Crippen LogP contribution in [-0.2, 0) is 9.53 Å². The molecule has 0 aliphatic heterocycles. The molecule has 0 rings (SSSR count). The maximum absolute atomic E-state index is 10.9. The fourth-order valence-electron chi connectivity index (χ4n) is 1.99. The van der Waals surface area contributed by atoms with Crippen LogP contribution >= 0.6 is 0 Å². The zero-order chi connectivity index (χ0) is 13.5. The fourth-order valence-corrected chi connectivity index (χ4v) is 1.99. The SMILES string of the molecule is COC(=O)CCCCCCCCCCCCNO. The van der Waals surface area contributed by atoms with Crippen molar-refractivity contribution >= 4 is 5.97 Å². The topological polar surface area (TPSA) is 58.6 Å². The Bertz CT molecular complexity index is 186. The molecule has 0 atom stereocenters. The Balaban J connectivity index is 2.97. The standard InChI is InChI=1S/C14H29NO3/c1-18-14(16)12-10-8-6-4-2-3-5-7-9-11-13-15-17/h15,17H,2-13H2,1H3. The highest BCUT2D eigenvalue weighted by molar-refractivity contribution is 5.68. The second kappa shape index (κ2) is 14.5. The van der Waals surface area contributed by atoms with Crippen LogP contribution in [0.25, 0.3) is 0 Å². The summed E-state index contributed by atoms with van der Waals surface area (Å²) in [5.41, 5.74) is 2.18. The van der Waals surface area contributed by atoms with Gasteiger partial charge in [0.2, 0.25) is 0 Å². The molecule has 0 bridgehead atoms. The lowest BCUT2D eigenvalue weighted by Gasteiger charge is -2.02. The monoisotopic (exact) mass is 259 g/mol. The first-order valence-corrected chi connectivity index (χ1v) is 7.25. The van der Waals surface area contributed by atoms with Gasteiger partial charge >= 0.3 is 5.97 Å². The molecule has 0 fully saturated rings. The zero-order valence-electron chi connectivity index (χ0n) is 11.7. The summed E-state index contributed by atoms with van der Waals surface area (Å²) < 4.78 is 4.59. The van der Waals surface area contributed by atoms with Crippen LogP contribution in [0, 0.1) is 0 Å². The van der Waals surface area contributed by atoms with E-state index in [1.807, 2.05) is 0 Å². The first-order valence-electron chi connectivity index (χ1n) is 7.25. The van der Waals surface area contributed by atoms with Crippen molar-refractivity contribution < 1.29 is 14.7 Å². The summed E-state index contributed by atoms with van der Waals surface area (Å²) in [6.45, 7) is 0.709. The Morgan fingerprint density at radius 1 is 0.889 bits per heavy atom. The summed E-state index contributed by atoms with van der Waals surface area (Å²) in [7, 11) is 1.44. The number of esters is 1. The molecular formula is C14H29NO3. The van der Waals surface area contributed by atoms with Gasteiger partial charge in [-0.1, -0.05) is 51.4 Å². The minimum Gasteiger partial charge on any atom is -0.469 e. The van der Waals surface area contributed by atoms with Gasteiger partial charge in [-0.15, -0.1) is 0 Å². The van der Waals surface area contributed by atoms with Crippen molar-refractivity contribution in [3.05, 3.63) is 0 Å². The first kappa shape index (κ1) is 17.4. The Morgan fingerprint density at radius 3 is 1.78 bits per heavy atom. The number of hydrogen-bond donors (Lipinski definition) is 2. The molecule has 0 aliphatic rings. The van der Waals surface area contributed by atoms with Gasteiger partial charge in [-0.3, -0.25) is 4.79 Å². The summed E-state index contributed by atoms with van der Waals surface area (Å²) in [6, 6.07) is 0. The molecule has 108 valence electrons. The van der Waals surface area contributed by atoms with Gasteiger partial charge in [0.1, 0.15) is 0 Å². The van der Waals surface area contributed by atoms with Gasteiger partial charge in [0.05, 0.1) is 7.11 Å². The summed E-state index contributed by atoms with van der Waals surface area (Å²) in [6.07, 6.45) is 12.6. The highest BCUT2D eigenvalue weighted by Gasteiger charge is 1.99. The van der Waals surface area contributed by atoms with Gasteiger partial charge in [0, 0.05) is 13.0 Å². The number of hydrogen-bond acceptors (Lipinski definition) is 4. The summed E-state index contributed by atoms with van der Waals surface area (Å²) >= 11 is 0. The highest BCUT2D eigenvalue weighted by Crippen LogP contribution is 2.11. The second-order valence-corrected chi connectivity index (χ2v) is 4.77. The maximum Gasteiger partial charge on any atom is 0.305 e. The van der Waals surface area contributed by atoms with Crippen LogP contribution in [-0.4, -0.2) is 24.8 Å². The van der Waals surface area contributed by atoms with Crippen LogP contribution in [0.2, 0.25) is 0 Å². The van der Waals surface area contributed by atoms with E-state index in [-0.39, 0.29) is 5.97 Å². The van der Waals surface area contributed by atoms with Crippen molar-refractivity contribution in [2.24, 2.45) is 0 Å². The van der Waals surface area contributed by atoms with Crippen LogP contribution in [0.5, 0.6) is 0 Å². The third-order valence-electron chi connectivity index (χ3n) is 3.15. The Kier molecular flexibility index (Phi) is 14.0. The highest BCUT2D eigenvalue weighted by atomic mass is 16.5. The lowest BCUT2D eigenvalue weighted by Crippen LogP contribution is -2.07. The van der Waals surface area contributed by atoms with Crippen LogP contribution < -0.4 is 5.48 Å². The summed E-state index contributed by atoms with van der Waals surface area (Å²) in [5, 5.41) is 8.38. The second-order valence-electron chi connectivity index (χ2n) is 4.77. The van der Waals surface area contributed by atoms with E-state index in [1.165, 1.54) is 52.1 Å². The third kappa shape index (κ3) is 13.5. The van der Waals surface area contributed by atoms with Gasteiger partial charge < -0.3 is 9.94 Å². The molecular weight excluding hydrogens is 230 g/mol. The van der Waals surface area contributed by atoms with E-state index in [4.69, 9.17) is 5.21 Å². The van der Waals surface area contributed by atoms with Crippen LogP contribution in [0.1, 0.15) is 70.6 Å². The number of rotatable bonds is 13. The van der Waals surface area contributed by atoms with Crippen LogP contribution in [0.4, 0.5) is 0 Å². The molecule has 0 spiro atoms. The van der Waals surface area contributed by atoms with Crippen molar-refractivity contribution in [1.82, 2.24) is 5.48 Å². The van der Waals surface area contributed by atoms with E-state index in [0.717, 1.165) is 19.3 Å². The summed E-state index contributed by atoms with van der Waals surface area (Å²) in [4.78, 5) is 10.9. The maximum atomic E-state index is 10.9. The number of ether oxygens (including phenoxy) is 1. The Hall–Kier alpha value is -0.610. The van der Waals surface area contributed by atoms with Crippen molar-refractivity contribution in [2.45, 2.75) is 70.6 Å². The molecule has 0 aromatic rings. The number of nitrogens with one attached hydrogen (secondary N) is 1. The molecule has 2 N–H and O–H groups in total. The zero-order valence-corrected chi connectivity index (χ0v) is 11.7. The Morgan fingerprint density at radius 2 is 1.33 bits per heavy atom. The predicted molar refractivity (Wildman–Crippen MR) is 72.6 cm³/mol. The smallest absolute Gasteiger partial charge is 0.305 e. The molecule has 4 nitrogen and oxygen atoms in total. The minimum atomic E-state index is -0.0904. The summed E-state index contributed by atoms with van der Waals surface area (Å²) in [5.74, 6) is -0.0904. The third-order valence-corrected chi connectivity index (χ3v) is 3.15. The molecule has 0 aromatic heterocycles. The normalized spacial score (nSPS) is 10.6. The quantitative estimate of drug-likeness (QED) is 0.302. The molecule has 0 saturated carbocycles. The van der Waals surface area contributed by atoms with E-state index in [2.05, 4.69) is 10.2 Å². The number of carbonyl (C=O) groups is 1. The van der Waals surface area contributed by atoms with Crippen molar-refractivity contribution in [3.8, 4) is 0 Å². The van der Waals surface area contributed by atoms with Gasteiger partial charge in [-0.05, 0) is 12.8 Å². The molecule has 0 saturated heterocycles. The van der Waals surface area contributed by atoms with Crippen molar-refractivity contribution in [3.63, 3.8) is 0 Å². The molecule has 0 aliphatic carbocycles. The fraction of sp³-hybridized carbons (Fsp3) is 0.929. The number of unbranched alkanes of at least 4 members (excludes halogenated alkanes) is 9. The van der Waals surface area contributed by atoms with E-state index in [9.17, 15) is 4.79 Å². The Labute approximate surface area is 111 Å². The largest absolute Gasteiger partial charge is 0.469 e. The molecule has 0 aromatic carbocycles. The number of methoxy groups -OCH3 is 1. The van der Waals surface area contributed by atoms with Crippen molar-refractivity contribution in [2.75, 3.05) is 13.7 Å². The molecule has 0 heterocycles. The van der Waals surface area contributed by atoms with Gasteiger partial charge in [-0.25, -0.2) is 5.48 Å². The average molecular weight is 259 g/mol. The van der Waals surface area contributed by atoms with Gasteiger partial charge in [0.15, 0.2) is 0 Å². The van der Waals surface area contributed by atoms with E-state index < -0.39 is 0 Å². The van der Waals surface area contributed by atoms with Crippen LogP contribution in [0.3, 0.4) is 0 Å². The van der Waals surface area contributed by atoms with E-state index in [0.29, 0.717) is 13.0 Å². The molecule has 4 heteroatoms. The number of hydroxylamine groups is 1. The minimum absolute atomic E-state index is 0.0904. The molecule has 0 radical (unpaired) electrons. The van der Waals surface area contributed by atoms with E-state index >= 15 is 0 Å². The molecule has 0 unspecified atom stereocenters. The van der Waals surface area contributed by atoms with Gasteiger partial charge in [-0.2, -0.15) is 0 Å². The van der Waals surface area contributed by atoms with Crippen LogP contribution in [0.15, 0.2) is 0 Å². The average Bonchev–Trinajstić information content (AvgIpc) is 2.39. The predicted octanol–water partition coefficient (Wildman–Crippen LogP) is 3.43. The van der Waals surface area contributed by atoms with Crippen molar-refractivity contribution in [1.29, 1.82) is 0 Å². The van der Waals surface area contributed by atoms with E-state index in [1.54, 1.807) is 0 Å². The van der Waals surface area contributed by atoms with Gasteiger partial charge in [0.25, 0.3) is 0 Å². The first-order chi connectivity index (χ1) is 8.81. The lowest BCUT2D eigenvalue weighted by molar-refractivity contribution is -0.140. The number of carbonyl (C=O) groups excluding carboxylic acids is 1. The molecule has 18 heavy (non-hydrogen) atoms. The lowest BCUT2D eigenvalue weighted by atomic mass is 10.1.